The molecule has 0 atom stereocenters. The summed E-state index contributed by atoms with van der Waals surface area (Å²) in [6.45, 7) is 1.61. The van der Waals surface area contributed by atoms with Gasteiger partial charge >= 0.3 is 0 Å². The number of hydrogen-bond acceptors (Lipinski definition) is 3. The van der Waals surface area contributed by atoms with Crippen LogP contribution in [0.25, 0.3) is 0 Å². The lowest BCUT2D eigenvalue weighted by molar-refractivity contribution is -0.140. The quantitative estimate of drug-likeness (QED) is 0.901. The molecule has 4 saturated carbocycles. The van der Waals surface area contributed by atoms with Gasteiger partial charge in [0.25, 0.3) is 0 Å². The summed E-state index contributed by atoms with van der Waals surface area (Å²) in [4.78, 5) is 15.4. The third-order valence-corrected chi connectivity index (χ3v) is 6.83. The third-order valence-electron chi connectivity index (χ3n) is 6.83. The molecule has 1 amide bonds. The summed E-state index contributed by atoms with van der Waals surface area (Å²) in [6, 6.07) is 6.03. The summed E-state index contributed by atoms with van der Waals surface area (Å²) in [7, 11) is 2.08. The number of ether oxygens (including phenoxy) is 1. The highest BCUT2D eigenvalue weighted by Gasteiger charge is 2.54. The Morgan fingerprint density at radius 1 is 1.17 bits per heavy atom. The molecule has 24 heavy (non-hydrogen) atoms. The average Bonchev–Trinajstić information content (AvgIpc) is 2.54. The van der Waals surface area contributed by atoms with Crippen LogP contribution in [0.3, 0.4) is 0 Å². The summed E-state index contributed by atoms with van der Waals surface area (Å²) in [5.74, 6) is 3.57. The van der Waals surface area contributed by atoms with Gasteiger partial charge in [0.15, 0.2) is 0 Å². The highest BCUT2D eigenvalue weighted by molar-refractivity contribution is 5.96. The minimum absolute atomic E-state index is 0.0902. The SMILES string of the molecule is CN1CCOc2ccc(NC(=O)C34CC5CC(CC(C5)C3)C4)cc21. The van der Waals surface area contributed by atoms with Crippen molar-refractivity contribution in [1.29, 1.82) is 0 Å². The second kappa shape index (κ2) is 5.14. The fourth-order valence-corrected chi connectivity index (χ4v) is 6.08. The van der Waals surface area contributed by atoms with Crippen molar-refractivity contribution in [2.45, 2.75) is 38.5 Å². The molecule has 0 saturated heterocycles. The Morgan fingerprint density at radius 3 is 2.50 bits per heavy atom. The fraction of sp³-hybridized carbons (Fsp3) is 0.650. The molecule has 1 heterocycles. The Kier molecular flexibility index (Phi) is 3.13. The van der Waals surface area contributed by atoms with Gasteiger partial charge in [-0.25, -0.2) is 0 Å². The molecule has 0 spiro atoms. The molecule has 4 bridgehead atoms. The molecule has 4 heteroatoms. The van der Waals surface area contributed by atoms with Crippen molar-refractivity contribution in [3.05, 3.63) is 18.2 Å². The van der Waals surface area contributed by atoms with Crippen LogP contribution in [0.4, 0.5) is 11.4 Å². The van der Waals surface area contributed by atoms with Crippen molar-refractivity contribution < 1.29 is 9.53 Å². The van der Waals surface area contributed by atoms with Crippen LogP contribution in [0.2, 0.25) is 0 Å². The van der Waals surface area contributed by atoms with Crippen LogP contribution in [0.15, 0.2) is 18.2 Å². The van der Waals surface area contributed by atoms with E-state index in [9.17, 15) is 4.79 Å². The summed E-state index contributed by atoms with van der Waals surface area (Å²) < 4.78 is 5.70. The van der Waals surface area contributed by atoms with Crippen molar-refractivity contribution in [1.82, 2.24) is 0 Å². The van der Waals surface area contributed by atoms with Gasteiger partial charge in [0, 0.05) is 12.7 Å². The third kappa shape index (κ3) is 2.22. The monoisotopic (exact) mass is 326 g/mol. The zero-order chi connectivity index (χ0) is 16.3. The summed E-state index contributed by atoms with van der Waals surface area (Å²) >= 11 is 0. The Labute approximate surface area is 143 Å². The van der Waals surface area contributed by atoms with Gasteiger partial charge in [0.05, 0.1) is 17.6 Å². The Balaban J connectivity index is 1.38. The van der Waals surface area contributed by atoms with E-state index in [1.54, 1.807) is 0 Å². The van der Waals surface area contributed by atoms with E-state index >= 15 is 0 Å². The van der Waals surface area contributed by atoms with Crippen LogP contribution >= 0.6 is 0 Å². The first kappa shape index (κ1) is 14.6. The first-order chi connectivity index (χ1) is 11.6. The van der Waals surface area contributed by atoms with Gasteiger partial charge in [0.2, 0.25) is 5.91 Å². The molecule has 1 N–H and O–H groups in total. The molecule has 1 aromatic carbocycles. The lowest BCUT2D eigenvalue weighted by Gasteiger charge is -2.55. The van der Waals surface area contributed by atoms with Gasteiger partial charge in [-0.3, -0.25) is 4.79 Å². The standard InChI is InChI=1S/C20H26N2O2/c1-22-4-5-24-18-3-2-16(9-17(18)22)21-19(23)20-10-13-6-14(11-20)8-15(7-13)12-20/h2-3,9,13-15H,4-8,10-12H2,1H3,(H,21,23). The molecule has 128 valence electrons. The van der Waals surface area contributed by atoms with Crippen molar-refractivity contribution in [2.24, 2.45) is 23.2 Å². The van der Waals surface area contributed by atoms with Gasteiger partial charge in [-0.2, -0.15) is 0 Å². The van der Waals surface area contributed by atoms with E-state index in [1.165, 1.54) is 19.3 Å². The number of nitrogens with one attached hydrogen (secondary N) is 1. The van der Waals surface area contributed by atoms with Crippen LogP contribution in [-0.4, -0.2) is 26.1 Å². The molecule has 4 aliphatic carbocycles. The lowest BCUT2D eigenvalue weighted by atomic mass is 9.49. The van der Waals surface area contributed by atoms with Crippen molar-refractivity contribution in [3.8, 4) is 5.75 Å². The van der Waals surface area contributed by atoms with Gasteiger partial charge in [0.1, 0.15) is 12.4 Å². The molecule has 0 radical (unpaired) electrons. The highest BCUT2D eigenvalue weighted by Crippen LogP contribution is 2.60. The van der Waals surface area contributed by atoms with E-state index in [0.717, 1.165) is 67.3 Å². The molecule has 0 aromatic heterocycles. The fourth-order valence-electron chi connectivity index (χ4n) is 6.08. The van der Waals surface area contributed by atoms with Gasteiger partial charge < -0.3 is 15.0 Å². The van der Waals surface area contributed by atoms with E-state index in [4.69, 9.17) is 4.74 Å². The average molecular weight is 326 g/mol. The minimum atomic E-state index is -0.0902. The number of likely N-dealkylation sites (N-methyl/N-ethyl adjacent to an activating group) is 1. The van der Waals surface area contributed by atoms with Crippen molar-refractivity contribution >= 4 is 17.3 Å². The molecule has 0 unspecified atom stereocenters. The number of anilines is 2. The second-order valence-electron chi connectivity index (χ2n) is 8.60. The van der Waals surface area contributed by atoms with Crippen molar-refractivity contribution in [2.75, 3.05) is 30.4 Å². The summed E-state index contributed by atoms with van der Waals surface area (Å²) in [6.07, 6.45) is 7.44. The van der Waals surface area contributed by atoms with Crippen LogP contribution in [0.5, 0.6) is 5.75 Å². The Morgan fingerprint density at radius 2 is 1.83 bits per heavy atom. The summed E-state index contributed by atoms with van der Waals surface area (Å²) in [5, 5.41) is 3.25. The summed E-state index contributed by atoms with van der Waals surface area (Å²) in [5.41, 5.74) is 1.89. The van der Waals surface area contributed by atoms with Crippen molar-refractivity contribution in [3.63, 3.8) is 0 Å². The topological polar surface area (TPSA) is 41.6 Å². The maximum Gasteiger partial charge on any atom is 0.230 e. The first-order valence-corrected chi connectivity index (χ1v) is 9.41. The van der Waals surface area contributed by atoms with Crippen LogP contribution in [-0.2, 0) is 4.79 Å². The predicted octanol–water partition coefficient (Wildman–Crippen LogP) is 3.67. The number of benzene rings is 1. The molecular formula is C20H26N2O2. The maximum absolute atomic E-state index is 13.2. The minimum Gasteiger partial charge on any atom is -0.490 e. The lowest BCUT2D eigenvalue weighted by Crippen LogP contribution is -2.51. The van der Waals surface area contributed by atoms with E-state index in [2.05, 4.69) is 23.3 Å². The van der Waals surface area contributed by atoms with Gasteiger partial charge in [-0.1, -0.05) is 0 Å². The molecule has 6 rings (SSSR count). The van der Waals surface area contributed by atoms with E-state index in [0.29, 0.717) is 0 Å². The zero-order valence-electron chi connectivity index (χ0n) is 14.4. The molecule has 4 fully saturated rings. The van der Waals surface area contributed by atoms with Crippen LogP contribution in [0, 0.1) is 23.2 Å². The first-order valence-electron chi connectivity index (χ1n) is 9.41. The van der Waals surface area contributed by atoms with Crippen LogP contribution < -0.4 is 15.0 Å². The molecule has 4 nitrogen and oxygen atoms in total. The number of amides is 1. The maximum atomic E-state index is 13.2. The molecule has 1 aromatic rings. The largest absolute Gasteiger partial charge is 0.490 e. The Bertz CT molecular complexity index is 649. The zero-order valence-corrected chi connectivity index (χ0v) is 14.4. The molecule has 1 aliphatic heterocycles. The molecule has 5 aliphatic rings. The number of nitrogens with zero attached hydrogens (tertiary/aromatic N) is 1. The second-order valence-corrected chi connectivity index (χ2v) is 8.60. The number of carbonyl (C=O) groups excluding carboxylic acids is 1. The number of fused-ring (bicyclic) bond motifs is 1. The van der Waals surface area contributed by atoms with E-state index in [1.807, 2.05) is 12.1 Å². The normalized spacial score (nSPS) is 36.2. The van der Waals surface area contributed by atoms with E-state index in [-0.39, 0.29) is 11.3 Å². The number of rotatable bonds is 2. The number of carbonyl (C=O) groups is 1. The highest BCUT2D eigenvalue weighted by atomic mass is 16.5. The van der Waals surface area contributed by atoms with Crippen LogP contribution in [0.1, 0.15) is 38.5 Å². The Hall–Kier alpha value is -1.71. The van der Waals surface area contributed by atoms with Gasteiger partial charge in [-0.15, -0.1) is 0 Å². The molecular weight excluding hydrogens is 300 g/mol. The van der Waals surface area contributed by atoms with E-state index < -0.39 is 0 Å². The predicted molar refractivity (Wildman–Crippen MR) is 94.4 cm³/mol. The smallest absolute Gasteiger partial charge is 0.230 e. The van der Waals surface area contributed by atoms with Gasteiger partial charge in [-0.05, 0) is 74.5 Å². The number of hydrogen-bond donors (Lipinski definition) is 1.